The molecule has 1 saturated heterocycles. The van der Waals surface area contributed by atoms with Crippen molar-refractivity contribution in [2.24, 2.45) is 0 Å². The fourth-order valence-corrected chi connectivity index (χ4v) is 3.31. The lowest BCUT2D eigenvalue weighted by Crippen LogP contribution is -2.31. The van der Waals surface area contributed by atoms with E-state index in [9.17, 15) is 4.79 Å². The van der Waals surface area contributed by atoms with E-state index >= 15 is 0 Å². The van der Waals surface area contributed by atoms with Gasteiger partial charge in [-0.25, -0.2) is 4.68 Å². The third-order valence-electron chi connectivity index (χ3n) is 4.39. The van der Waals surface area contributed by atoms with Gasteiger partial charge in [-0.15, -0.1) is 0 Å². The SMILES string of the molecule is CNc1cnn(CC2CCC3(CCCC3)O2)c(=O)c1. The molecule has 19 heavy (non-hydrogen) atoms. The number of nitrogens with zero attached hydrogens (tertiary/aromatic N) is 2. The second-order valence-electron chi connectivity index (χ2n) is 5.68. The van der Waals surface area contributed by atoms with Gasteiger partial charge in [-0.2, -0.15) is 5.10 Å². The van der Waals surface area contributed by atoms with Gasteiger partial charge in [0, 0.05) is 13.1 Å². The van der Waals surface area contributed by atoms with Gasteiger partial charge in [0.05, 0.1) is 30.1 Å². The molecule has 0 aromatic carbocycles. The zero-order valence-corrected chi connectivity index (χ0v) is 11.4. The van der Waals surface area contributed by atoms with Crippen molar-refractivity contribution in [1.82, 2.24) is 9.78 Å². The first kappa shape index (κ1) is 12.7. The smallest absolute Gasteiger partial charge is 0.268 e. The number of hydrogen-bond donors (Lipinski definition) is 1. The largest absolute Gasteiger partial charge is 0.387 e. The van der Waals surface area contributed by atoms with Gasteiger partial charge < -0.3 is 10.1 Å². The lowest BCUT2D eigenvalue weighted by molar-refractivity contribution is -0.0433. The van der Waals surface area contributed by atoms with Gasteiger partial charge >= 0.3 is 0 Å². The Morgan fingerprint density at radius 3 is 2.95 bits per heavy atom. The minimum atomic E-state index is -0.0668. The Hall–Kier alpha value is -1.36. The molecule has 1 saturated carbocycles. The van der Waals surface area contributed by atoms with E-state index in [1.807, 2.05) is 0 Å². The van der Waals surface area contributed by atoms with Crippen molar-refractivity contribution in [3.8, 4) is 0 Å². The van der Waals surface area contributed by atoms with Crippen LogP contribution in [0.3, 0.4) is 0 Å². The van der Waals surface area contributed by atoms with E-state index in [0.29, 0.717) is 6.54 Å². The molecule has 1 aromatic rings. The summed E-state index contributed by atoms with van der Waals surface area (Å²) in [5.41, 5.74) is 0.808. The zero-order valence-electron chi connectivity index (χ0n) is 11.4. The van der Waals surface area contributed by atoms with E-state index in [1.54, 1.807) is 19.3 Å². The molecule has 2 fully saturated rings. The van der Waals surface area contributed by atoms with E-state index in [1.165, 1.54) is 30.4 Å². The molecule has 104 valence electrons. The van der Waals surface area contributed by atoms with E-state index < -0.39 is 0 Å². The highest BCUT2D eigenvalue weighted by Gasteiger charge is 2.42. The lowest BCUT2D eigenvalue weighted by atomic mass is 9.98. The minimum absolute atomic E-state index is 0.0668. The Bertz CT molecular complexity index is 506. The molecule has 0 radical (unpaired) electrons. The van der Waals surface area contributed by atoms with Crippen molar-refractivity contribution in [2.45, 2.75) is 56.8 Å². The van der Waals surface area contributed by atoms with Gasteiger partial charge in [-0.05, 0) is 25.7 Å². The van der Waals surface area contributed by atoms with E-state index in [4.69, 9.17) is 4.74 Å². The quantitative estimate of drug-likeness (QED) is 0.903. The van der Waals surface area contributed by atoms with Crippen molar-refractivity contribution >= 4 is 5.69 Å². The van der Waals surface area contributed by atoms with Crippen LogP contribution in [0.4, 0.5) is 5.69 Å². The van der Waals surface area contributed by atoms with Crippen molar-refractivity contribution < 1.29 is 4.74 Å². The zero-order chi connectivity index (χ0) is 13.3. The first-order valence-electron chi connectivity index (χ1n) is 7.14. The molecule has 2 heterocycles. The highest BCUT2D eigenvalue weighted by atomic mass is 16.5. The standard InChI is InChI=1S/C14H21N3O2/c1-15-11-8-13(18)17(16-9-11)10-12-4-7-14(19-12)5-2-3-6-14/h8-9,12,15H,2-7,10H2,1H3. The normalized spacial score (nSPS) is 25.0. The number of anilines is 1. The first-order chi connectivity index (χ1) is 9.21. The van der Waals surface area contributed by atoms with Crippen molar-refractivity contribution in [2.75, 3.05) is 12.4 Å². The molecule has 1 aromatic heterocycles. The summed E-state index contributed by atoms with van der Waals surface area (Å²) in [6, 6.07) is 1.58. The molecule has 1 N–H and O–H groups in total. The molecule has 2 aliphatic rings. The number of hydrogen-bond acceptors (Lipinski definition) is 4. The highest BCUT2D eigenvalue weighted by Crippen LogP contribution is 2.43. The third kappa shape index (κ3) is 2.52. The Kier molecular flexibility index (Phi) is 3.31. The summed E-state index contributed by atoms with van der Waals surface area (Å²) >= 11 is 0. The fraction of sp³-hybridized carbons (Fsp3) is 0.714. The molecule has 1 atom stereocenters. The van der Waals surface area contributed by atoms with Crippen LogP contribution in [0, 0.1) is 0 Å². The van der Waals surface area contributed by atoms with Crippen LogP contribution in [-0.2, 0) is 11.3 Å². The minimum Gasteiger partial charge on any atom is -0.387 e. The molecular formula is C14H21N3O2. The molecule has 5 nitrogen and oxygen atoms in total. The Morgan fingerprint density at radius 1 is 1.47 bits per heavy atom. The lowest BCUT2D eigenvalue weighted by Gasteiger charge is -2.23. The van der Waals surface area contributed by atoms with Crippen LogP contribution in [-0.4, -0.2) is 28.5 Å². The van der Waals surface area contributed by atoms with Crippen molar-refractivity contribution in [3.63, 3.8) is 0 Å². The van der Waals surface area contributed by atoms with Crippen LogP contribution in [0.1, 0.15) is 38.5 Å². The highest BCUT2D eigenvalue weighted by molar-refractivity contribution is 5.37. The van der Waals surface area contributed by atoms with Crippen LogP contribution in [0.15, 0.2) is 17.1 Å². The molecule has 1 aliphatic carbocycles. The number of rotatable bonds is 3. The number of aromatic nitrogens is 2. The maximum absolute atomic E-state index is 11.9. The molecule has 0 amide bonds. The molecule has 5 heteroatoms. The average Bonchev–Trinajstić information content (AvgIpc) is 3.03. The van der Waals surface area contributed by atoms with Crippen LogP contribution >= 0.6 is 0 Å². The molecule has 0 bridgehead atoms. The summed E-state index contributed by atoms with van der Waals surface area (Å²) < 4.78 is 7.72. The topological polar surface area (TPSA) is 56.1 Å². The predicted molar refractivity (Wildman–Crippen MR) is 73.3 cm³/mol. The van der Waals surface area contributed by atoms with E-state index in [-0.39, 0.29) is 17.3 Å². The van der Waals surface area contributed by atoms with Crippen LogP contribution < -0.4 is 10.9 Å². The van der Waals surface area contributed by atoms with Gasteiger partial charge in [-0.1, -0.05) is 12.8 Å². The summed E-state index contributed by atoms with van der Waals surface area (Å²) in [4.78, 5) is 11.9. The van der Waals surface area contributed by atoms with Gasteiger partial charge in [0.15, 0.2) is 0 Å². The van der Waals surface area contributed by atoms with Crippen LogP contribution in [0.2, 0.25) is 0 Å². The summed E-state index contributed by atoms with van der Waals surface area (Å²) in [6.07, 6.45) is 8.94. The molecule has 1 aliphatic heterocycles. The van der Waals surface area contributed by atoms with Crippen LogP contribution in [0.25, 0.3) is 0 Å². The first-order valence-corrected chi connectivity index (χ1v) is 7.14. The molecule has 1 unspecified atom stereocenters. The van der Waals surface area contributed by atoms with Gasteiger partial charge in [0.1, 0.15) is 0 Å². The summed E-state index contributed by atoms with van der Waals surface area (Å²) in [7, 11) is 1.78. The number of ether oxygens (including phenoxy) is 1. The molecule has 3 rings (SSSR count). The maximum atomic E-state index is 11.9. The molecule has 1 spiro atoms. The van der Waals surface area contributed by atoms with Crippen molar-refractivity contribution in [1.29, 1.82) is 0 Å². The fourth-order valence-electron chi connectivity index (χ4n) is 3.31. The van der Waals surface area contributed by atoms with Gasteiger partial charge in [-0.3, -0.25) is 4.79 Å². The average molecular weight is 263 g/mol. The van der Waals surface area contributed by atoms with Gasteiger partial charge in [0.2, 0.25) is 0 Å². The Labute approximate surface area is 113 Å². The molecular weight excluding hydrogens is 242 g/mol. The summed E-state index contributed by atoms with van der Waals surface area (Å²) in [5, 5.41) is 7.11. The second kappa shape index (κ2) is 4.96. The predicted octanol–water partition coefficient (Wildman–Crippen LogP) is 1.78. The Balaban J connectivity index is 1.68. The second-order valence-corrected chi connectivity index (χ2v) is 5.68. The van der Waals surface area contributed by atoms with Crippen LogP contribution in [0.5, 0.6) is 0 Å². The van der Waals surface area contributed by atoms with Gasteiger partial charge in [0.25, 0.3) is 5.56 Å². The monoisotopic (exact) mass is 263 g/mol. The van der Waals surface area contributed by atoms with Crippen molar-refractivity contribution in [3.05, 3.63) is 22.6 Å². The maximum Gasteiger partial charge on any atom is 0.268 e. The van der Waals surface area contributed by atoms with E-state index in [0.717, 1.165) is 18.5 Å². The van der Waals surface area contributed by atoms with E-state index in [2.05, 4.69) is 10.4 Å². The summed E-state index contributed by atoms with van der Waals surface area (Å²) in [5.74, 6) is 0. The summed E-state index contributed by atoms with van der Waals surface area (Å²) in [6.45, 7) is 0.574. The Morgan fingerprint density at radius 2 is 2.26 bits per heavy atom. The number of nitrogens with one attached hydrogen (secondary N) is 1. The third-order valence-corrected chi connectivity index (χ3v) is 4.39.